The lowest BCUT2D eigenvalue weighted by Gasteiger charge is -2.15. The fourth-order valence-electron chi connectivity index (χ4n) is 2.36. The normalized spacial score (nSPS) is 12.8. The molecule has 2 aromatic carbocycles. The summed E-state index contributed by atoms with van der Waals surface area (Å²) in [5.74, 6) is 0. The van der Waals surface area contributed by atoms with E-state index in [4.69, 9.17) is 23.2 Å². The molecule has 0 aliphatic rings. The predicted octanol–water partition coefficient (Wildman–Crippen LogP) is 4.91. The van der Waals surface area contributed by atoms with Gasteiger partial charge in [-0.05, 0) is 47.9 Å². The Bertz CT molecular complexity index is 885. The van der Waals surface area contributed by atoms with Crippen LogP contribution in [0.3, 0.4) is 0 Å². The van der Waals surface area contributed by atoms with E-state index in [1.807, 2.05) is 37.3 Å². The minimum atomic E-state index is -0.334. The van der Waals surface area contributed by atoms with Crippen molar-refractivity contribution in [2.75, 3.05) is 0 Å². The van der Waals surface area contributed by atoms with Crippen LogP contribution in [-0.4, -0.2) is 9.97 Å². The number of nitrogens with one attached hydrogen (secondary N) is 2. The number of benzene rings is 2. The lowest BCUT2D eigenvalue weighted by molar-refractivity contribution is 1.10. The summed E-state index contributed by atoms with van der Waals surface area (Å²) in [7, 11) is 0. The lowest BCUT2D eigenvalue weighted by atomic mass is 10.00. The van der Waals surface area contributed by atoms with E-state index < -0.39 is 0 Å². The van der Waals surface area contributed by atoms with Crippen molar-refractivity contribution in [1.29, 1.82) is 0 Å². The van der Waals surface area contributed by atoms with Crippen LogP contribution in [0, 0.1) is 6.92 Å². The van der Waals surface area contributed by atoms with E-state index in [9.17, 15) is 4.79 Å². The second kappa shape index (κ2) is 5.52. The van der Waals surface area contributed by atoms with Crippen LogP contribution in [0.15, 0.2) is 39.6 Å². The molecule has 3 rings (SSSR count). The van der Waals surface area contributed by atoms with Crippen LogP contribution < -0.4 is 5.69 Å². The van der Waals surface area contributed by atoms with Crippen molar-refractivity contribution in [1.82, 2.24) is 9.97 Å². The van der Waals surface area contributed by atoms with E-state index in [2.05, 4.69) is 25.9 Å². The number of alkyl halides is 1. The van der Waals surface area contributed by atoms with Crippen molar-refractivity contribution in [2.24, 2.45) is 0 Å². The molecule has 0 saturated heterocycles. The molecule has 6 heteroatoms. The van der Waals surface area contributed by atoms with Crippen LogP contribution in [0.5, 0.6) is 0 Å². The van der Waals surface area contributed by atoms with Gasteiger partial charge in [0.15, 0.2) is 0 Å². The van der Waals surface area contributed by atoms with Crippen molar-refractivity contribution in [3.63, 3.8) is 0 Å². The van der Waals surface area contributed by atoms with Gasteiger partial charge in [-0.25, -0.2) is 4.79 Å². The average Bonchev–Trinajstić information content (AvgIpc) is 2.76. The van der Waals surface area contributed by atoms with Crippen molar-refractivity contribution < 1.29 is 0 Å². The first-order chi connectivity index (χ1) is 9.95. The number of aryl methyl sites for hydroxylation is 1. The van der Waals surface area contributed by atoms with E-state index in [0.29, 0.717) is 5.02 Å². The smallest absolute Gasteiger partial charge is 0.306 e. The maximum absolute atomic E-state index is 11.4. The summed E-state index contributed by atoms with van der Waals surface area (Å²) in [6, 6.07) is 9.36. The lowest BCUT2D eigenvalue weighted by Crippen LogP contribution is -1.99. The zero-order valence-electron chi connectivity index (χ0n) is 11.0. The molecule has 1 aromatic heterocycles. The van der Waals surface area contributed by atoms with E-state index in [-0.39, 0.29) is 11.1 Å². The number of aromatic nitrogens is 2. The summed E-state index contributed by atoms with van der Waals surface area (Å²) in [6.07, 6.45) is 0. The highest BCUT2D eigenvalue weighted by atomic mass is 79.9. The zero-order chi connectivity index (χ0) is 15.1. The third kappa shape index (κ3) is 2.76. The van der Waals surface area contributed by atoms with Gasteiger partial charge in [0.1, 0.15) is 0 Å². The molecule has 3 nitrogen and oxygen atoms in total. The quantitative estimate of drug-likeness (QED) is 0.605. The van der Waals surface area contributed by atoms with Crippen molar-refractivity contribution >= 4 is 50.2 Å². The van der Waals surface area contributed by atoms with Gasteiger partial charge in [0.2, 0.25) is 0 Å². The Balaban J connectivity index is 2.14. The second-order valence-electron chi connectivity index (χ2n) is 4.86. The third-order valence-corrected chi connectivity index (χ3v) is 4.80. The molecule has 0 saturated carbocycles. The number of H-pyrrole nitrogens is 2. The first-order valence-corrected chi connectivity index (χ1v) is 7.88. The van der Waals surface area contributed by atoms with Gasteiger partial charge in [0, 0.05) is 9.50 Å². The highest BCUT2D eigenvalue weighted by Gasteiger charge is 2.17. The molecule has 0 bridgehead atoms. The number of aromatic amines is 2. The minimum Gasteiger partial charge on any atom is -0.306 e. The largest absolute Gasteiger partial charge is 0.323 e. The second-order valence-corrected chi connectivity index (χ2v) is 6.59. The Morgan fingerprint density at radius 3 is 2.43 bits per heavy atom. The molecule has 3 aromatic rings. The fourth-order valence-corrected chi connectivity index (χ4v) is 3.71. The number of hydrogen-bond acceptors (Lipinski definition) is 1. The van der Waals surface area contributed by atoms with E-state index >= 15 is 0 Å². The molecule has 0 spiro atoms. The maximum Gasteiger partial charge on any atom is 0.323 e. The van der Waals surface area contributed by atoms with Crippen molar-refractivity contribution in [3.8, 4) is 0 Å². The molecule has 21 heavy (non-hydrogen) atoms. The van der Waals surface area contributed by atoms with Crippen LogP contribution in [0.4, 0.5) is 0 Å². The van der Waals surface area contributed by atoms with Crippen LogP contribution in [0.1, 0.15) is 22.1 Å². The number of rotatable bonds is 2. The van der Waals surface area contributed by atoms with Gasteiger partial charge >= 0.3 is 5.69 Å². The number of fused-ring (bicyclic) bond motifs is 1. The predicted molar refractivity (Wildman–Crippen MR) is 90.5 cm³/mol. The third-order valence-electron chi connectivity index (χ3n) is 3.41. The van der Waals surface area contributed by atoms with Crippen molar-refractivity contribution in [2.45, 2.75) is 12.3 Å². The number of imidazole rings is 1. The summed E-state index contributed by atoms with van der Waals surface area (Å²) >= 11 is 16.1. The Hall–Kier alpha value is -1.23. The first-order valence-electron chi connectivity index (χ1n) is 6.27. The topological polar surface area (TPSA) is 48.6 Å². The summed E-state index contributed by atoms with van der Waals surface area (Å²) in [6.45, 7) is 1.97. The van der Waals surface area contributed by atoms with E-state index in [0.717, 1.165) is 32.2 Å². The van der Waals surface area contributed by atoms with E-state index in [1.165, 1.54) is 0 Å². The maximum atomic E-state index is 11.4. The van der Waals surface area contributed by atoms with Crippen LogP contribution in [-0.2, 0) is 0 Å². The monoisotopic (exact) mass is 384 g/mol. The molecule has 2 N–H and O–H groups in total. The molecule has 0 aliphatic carbocycles. The number of hydrogen-bond donors (Lipinski definition) is 2. The van der Waals surface area contributed by atoms with Gasteiger partial charge < -0.3 is 9.97 Å². The summed E-state index contributed by atoms with van der Waals surface area (Å²) < 4.78 is 0.847. The molecule has 0 amide bonds. The first kappa shape index (κ1) is 14.7. The van der Waals surface area contributed by atoms with Gasteiger partial charge in [-0.3, -0.25) is 0 Å². The highest BCUT2D eigenvalue weighted by molar-refractivity contribution is 9.10. The van der Waals surface area contributed by atoms with E-state index in [1.54, 1.807) is 0 Å². The van der Waals surface area contributed by atoms with Crippen LogP contribution in [0.25, 0.3) is 11.0 Å². The molecule has 108 valence electrons. The molecular weight excluding hydrogens is 375 g/mol. The SMILES string of the molecule is Cc1cc(Cl)ccc1C(Cl)c1cc2[nH]c(=O)[nH]c2cc1Br. The Morgan fingerprint density at radius 1 is 1.10 bits per heavy atom. The van der Waals surface area contributed by atoms with Gasteiger partial charge in [0.25, 0.3) is 0 Å². The molecule has 0 fully saturated rings. The Kier molecular flexibility index (Phi) is 3.86. The fraction of sp³-hybridized carbons (Fsp3) is 0.133. The molecular formula is C15H11BrCl2N2O. The molecule has 0 radical (unpaired) electrons. The molecule has 1 atom stereocenters. The highest BCUT2D eigenvalue weighted by Crippen LogP contribution is 2.37. The van der Waals surface area contributed by atoms with Gasteiger partial charge in [-0.1, -0.05) is 33.6 Å². The zero-order valence-corrected chi connectivity index (χ0v) is 14.1. The summed E-state index contributed by atoms with van der Waals surface area (Å²) in [5.41, 5.74) is 4.14. The molecule has 0 aliphatic heterocycles. The van der Waals surface area contributed by atoms with Gasteiger partial charge in [-0.15, -0.1) is 11.6 Å². The van der Waals surface area contributed by atoms with Gasteiger partial charge in [0.05, 0.1) is 16.4 Å². The van der Waals surface area contributed by atoms with Crippen LogP contribution in [0.2, 0.25) is 5.02 Å². The standard InChI is InChI=1S/C15H11BrCl2N2O/c1-7-4-8(17)2-3-9(7)14(18)10-5-12-13(6-11(10)16)20-15(21)19-12/h2-6,14H,1H3,(H2,19,20,21). The minimum absolute atomic E-state index is 0.233. The van der Waals surface area contributed by atoms with Crippen molar-refractivity contribution in [3.05, 3.63) is 67.0 Å². The van der Waals surface area contributed by atoms with Gasteiger partial charge in [-0.2, -0.15) is 0 Å². The van der Waals surface area contributed by atoms with Crippen LogP contribution >= 0.6 is 39.1 Å². The number of halogens is 3. The average molecular weight is 386 g/mol. The molecule has 1 heterocycles. The molecule has 1 unspecified atom stereocenters. The summed E-state index contributed by atoms with van der Waals surface area (Å²) in [5, 5.41) is 0.351. The Morgan fingerprint density at radius 2 is 1.76 bits per heavy atom. The Labute approximate surface area is 139 Å². The summed E-state index contributed by atoms with van der Waals surface area (Å²) in [4.78, 5) is 16.8.